The van der Waals surface area contributed by atoms with Gasteiger partial charge in [0.05, 0.1) is 0 Å². The van der Waals surface area contributed by atoms with Crippen LogP contribution in [0.15, 0.2) is 72.8 Å². The van der Waals surface area contributed by atoms with E-state index in [0.29, 0.717) is 18.7 Å². The highest BCUT2D eigenvalue weighted by Gasteiger charge is 2.29. The summed E-state index contributed by atoms with van der Waals surface area (Å²) in [5.74, 6) is 0.482. The predicted molar refractivity (Wildman–Crippen MR) is 120 cm³/mol. The molecule has 2 amide bonds. The molecule has 4 heteroatoms. The van der Waals surface area contributed by atoms with E-state index >= 15 is 0 Å². The zero-order chi connectivity index (χ0) is 20.8. The highest BCUT2D eigenvalue weighted by atomic mass is 16.2. The van der Waals surface area contributed by atoms with E-state index in [0.717, 1.165) is 43.3 Å². The predicted octanol–water partition coefficient (Wildman–Crippen LogP) is 3.98. The monoisotopic (exact) mass is 400 g/mol. The van der Waals surface area contributed by atoms with Gasteiger partial charge in [0, 0.05) is 19.5 Å². The van der Waals surface area contributed by atoms with Gasteiger partial charge >= 0.3 is 0 Å². The van der Waals surface area contributed by atoms with Gasteiger partial charge in [0.15, 0.2) is 0 Å². The first-order valence-electron chi connectivity index (χ1n) is 10.7. The van der Waals surface area contributed by atoms with Crippen molar-refractivity contribution >= 4 is 23.1 Å². The molecule has 154 valence electrons. The van der Waals surface area contributed by atoms with Gasteiger partial charge in [0.2, 0.25) is 12.3 Å². The van der Waals surface area contributed by atoms with Crippen molar-refractivity contribution in [1.29, 1.82) is 0 Å². The highest BCUT2D eigenvalue weighted by molar-refractivity contribution is 5.85. The summed E-state index contributed by atoms with van der Waals surface area (Å²) in [4.78, 5) is 26.4. The lowest BCUT2D eigenvalue weighted by Crippen LogP contribution is -2.50. The Morgan fingerprint density at radius 1 is 1.00 bits per heavy atom. The Balaban J connectivity index is 1.44. The van der Waals surface area contributed by atoms with Crippen LogP contribution >= 0.6 is 0 Å². The Morgan fingerprint density at radius 3 is 2.57 bits per heavy atom. The minimum Gasteiger partial charge on any atom is -0.347 e. The van der Waals surface area contributed by atoms with Crippen LogP contribution in [0, 0.1) is 5.92 Å². The summed E-state index contributed by atoms with van der Waals surface area (Å²) in [5, 5.41) is 5.09. The number of fused-ring (bicyclic) bond motifs is 1. The fourth-order valence-corrected chi connectivity index (χ4v) is 4.50. The number of nitrogens with zero attached hydrogens (tertiary/aromatic N) is 1. The summed E-state index contributed by atoms with van der Waals surface area (Å²) in [6.45, 7) is 1.52. The molecule has 1 N–H and O–H groups in total. The molecule has 1 fully saturated rings. The molecular weight excluding hydrogens is 372 g/mol. The summed E-state index contributed by atoms with van der Waals surface area (Å²) in [5.41, 5.74) is 2.37. The van der Waals surface area contributed by atoms with Gasteiger partial charge in [-0.15, -0.1) is 0 Å². The van der Waals surface area contributed by atoms with Crippen molar-refractivity contribution in [1.82, 2.24) is 10.2 Å². The molecule has 3 aromatic carbocycles. The van der Waals surface area contributed by atoms with Crippen LogP contribution in [0.1, 0.15) is 24.0 Å². The molecule has 1 aliphatic rings. The molecule has 0 spiro atoms. The van der Waals surface area contributed by atoms with E-state index in [9.17, 15) is 9.59 Å². The average Bonchev–Trinajstić information content (AvgIpc) is 2.79. The number of piperidine rings is 1. The summed E-state index contributed by atoms with van der Waals surface area (Å²) in [6.07, 6.45) is 4.28. The standard InChI is InChI=1S/C26H28N2O2/c29-19-27-25(17-21-12-13-23-10-4-5-11-24(23)16-21)26(30)28-14-6-9-22(18-28)15-20-7-2-1-3-8-20/h1-5,7-8,10-13,16,19,22,25H,6,9,14-15,17-18H2,(H,27,29). The molecule has 3 aromatic rings. The molecule has 0 bridgehead atoms. The number of hydrogen-bond acceptors (Lipinski definition) is 2. The fourth-order valence-electron chi connectivity index (χ4n) is 4.50. The topological polar surface area (TPSA) is 49.4 Å². The minimum atomic E-state index is -0.529. The Bertz CT molecular complexity index is 1000. The number of rotatable bonds is 7. The number of amides is 2. The van der Waals surface area contributed by atoms with Crippen LogP contribution in [-0.2, 0) is 22.4 Å². The minimum absolute atomic E-state index is 0.0213. The normalized spacial score (nSPS) is 17.5. The Hall–Kier alpha value is -3.14. The van der Waals surface area contributed by atoms with Crippen molar-refractivity contribution in [3.63, 3.8) is 0 Å². The number of nitrogens with one attached hydrogen (secondary N) is 1. The third-order valence-corrected chi connectivity index (χ3v) is 6.02. The van der Waals surface area contributed by atoms with Crippen molar-refractivity contribution in [3.8, 4) is 0 Å². The van der Waals surface area contributed by atoms with Crippen LogP contribution in [0.3, 0.4) is 0 Å². The SMILES string of the molecule is O=CNC(Cc1ccc2ccccc2c1)C(=O)N1CCCC(Cc2ccccc2)C1. The summed E-state index contributed by atoms with van der Waals surface area (Å²) < 4.78 is 0. The van der Waals surface area contributed by atoms with Gasteiger partial charge in [-0.2, -0.15) is 0 Å². The molecule has 0 aliphatic carbocycles. The number of benzene rings is 3. The Kier molecular flexibility index (Phi) is 6.43. The van der Waals surface area contributed by atoms with E-state index < -0.39 is 6.04 Å². The largest absolute Gasteiger partial charge is 0.347 e. The quantitative estimate of drug-likeness (QED) is 0.610. The summed E-state index contributed by atoms with van der Waals surface area (Å²) >= 11 is 0. The second kappa shape index (κ2) is 9.57. The lowest BCUT2D eigenvalue weighted by Gasteiger charge is -2.35. The molecule has 4 rings (SSSR count). The molecule has 2 unspecified atom stereocenters. The zero-order valence-electron chi connectivity index (χ0n) is 17.2. The van der Waals surface area contributed by atoms with Crippen molar-refractivity contribution in [2.75, 3.05) is 13.1 Å². The fraction of sp³-hybridized carbons (Fsp3) is 0.308. The van der Waals surface area contributed by atoms with Crippen LogP contribution in [0.2, 0.25) is 0 Å². The lowest BCUT2D eigenvalue weighted by molar-refractivity contribution is -0.136. The summed E-state index contributed by atoms with van der Waals surface area (Å²) in [6, 6.07) is 24.3. The van der Waals surface area contributed by atoms with E-state index in [1.54, 1.807) is 0 Å². The third kappa shape index (κ3) is 4.88. The van der Waals surface area contributed by atoms with Crippen LogP contribution in [-0.4, -0.2) is 36.3 Å². The van der Waals surface area contributed by atoms with Gasteiger partial charge in [-0.1, -0.05) is 72.8 Å². The van der Waals surface area contributed by atoms with E-state index in [-0.39, 0.29) is 5.91 Å². The lowest BCUT2D eigenvalue weighted by atomic mass is 9.90. The molecule has 0 radical (unpaired) electrons. The van der Waals surface area contributed by atoms with Crippen LogP contribution in [0.5, 0.6) is 0 Å². The van der Waals surface area contributed by atoms with Gasteiger partial charge in [0.25, 0.3) is 0 Å². The van der Waals surface area contributed by atoms with Gasteiger partial charge in [-0.25, -0.2) is 0 Å². The molecule has 0 aromatic heterocycles. The van der Waals surface area contributed by atoms with Crippen LogP contribution in [0.25, 0.3) is 10.8 Å². The molecule has 1 heterocycles. The molecule has 2 atom stereocenters. The van der Waals surface area contributed by atoms with Gasteiger partial charge < -0.3 is 10.2 Å². The van der Waals surface area contributed by atoms with Gasteiger partial charge in [-0.05, 0) is 47.1 Å². The van der Waals surface area contributed by atoms with E-state index in [2.05, 4.69) is 53.8 Å². The molecule has 30 heavy (non-hydrogen) atoms. The van der Waals surface area contributed by atoms with Crippen LogP contribution in [0.4, 0.5) is 0 Å². The smallest absolute Gasteiger partial charge is 0.245 e. The second-order valence-corrected chi connectivity index (χ2v) is 8.20. The van der Waals surface area contributed by atoms with Crippen molar-refractivity contribution in [3.05, 3.63) is 83.9 Å². The number of hydrogen-bond donors (Lipinski definition) is 1. The Labute approximate surface area is 177 Å². The number of likely N-dealkylation sites (tertiary alicyclic amines) is 1. The highest BCUT2D eigenvalue weighted by Crippen LogP contribution is 2.22. The maximum atomic E-state index is 13.3. The number of carbonyl (C=O) groups is 2. The van der Waals surface area contributed by atoms with Crippen molar-refractivity contribution in [2.45, 2.75) is 31.7 Å². The van der Waals surface area contributed by atoms with E-state index in [1.165, 1.54) is 10.9 Å². The Morgan fingerprint density at radius 2 is 1.77 bits per heavy atom. The van der Waals surface area contributed by atoms with E-state index in [1.807, 2.05) is 29.2 Å². The molecular formula is C26H28N2O2. The molecule has 4 nitrogen and oxygen atoms in total. The number of carbonyl (C=O) groups excluding carboxylic acids is 2. The average molecular weight is 401 g/mol. The van der Waals surface area contributed by atoms with Gasteiger partial charge in [-0.3, -0.25) is 9.59 Å². The van der Waals surface area contributed by atoms with Gasteiger partial charge in [0.1, 0.15) is 6.04 Å². The van der Waals surface area contributed by atoms with Crippen molar-refractivity contribution in [2.24, 2.45) is 5.92 Å². The first-order valence-corrected chi connectivity index (χ1v) is 10.7. The van der Waals surface area contributed by atoms with Crippen molar-refractivity contribution < 1.29 is 9.59 Å². The first kappa shape index (κ1) is 20.1. The maximum absolute atomic E-state index is 13.3. The summed E-state index contributed by atoms with van der Waals surface area (Å²) in [7, 11) is 0. The second-order valence-electron chi connectivity index (χ2n) is 8.20. The molecule has 1 aliphatic heterocycles. The first-order chi connectivity index (χ1) is 14.7. The molecule has 0 saturated carbocycles. The third-order valence-electron chi connectivity index (χ3n) is 6.02. The molecule has 1 saturated heterocycles. The van der Waals surface area contributed by atoms with E-state index in [4.69, 9.17) is 0 Å². The van der Waals surface area contributed by atoms with Crippen LogP contribution < -0.4 is 5.32 Å². The zero-order valence-corrected chi connectivity index (χ0v) is 17.2. The maximum Gasteiger partial charge on any atom is 0.245 e.